The van der Waals surface area contributed by atoms with Gasteiger partial charge in [0.25, 0.3) is 0 Å². The van der Waals surface area contributed by atoms with Crippen molar-refractivity contribution < 1.29 is 13.5 Å². The molecule has 0 fully saturated rings. The highest BCUT2D eigenvalue weighted by Gasteiger charge is 2.17. The second kappa shape index (κ2) is 7.83. The second-order valence-corrected chi connectivity index (χ2v) is 6.88. The highest BCUT2D eigenvalue weighted by atomic mass is 35.5. The van der Waals surface area contributed by atoms with Crippen molar-refractivity contribution in [3.8, 4) is 0 Å². The largest absolute Gasteiger partial charge is 0.397 e. The summed E-state index contributed by atoms with van der Waals surface area (Å²) in [5, 5.41) is 9.30. The van der Waals surface area contributed by atoms with Crippen LogP contribution < -0.4 is 10.5 Å². The Labute approximate surface area is 125 Å². The Kier molecular flexibility index (Phi) is 6.75. The van der Waals surface area contributed by atoms with E-state index in [9.17, 15) is 8.42 Å². The molecule has 1 unspecified atom stereocenters. The number of nitrogens with one attached hydrogen (secondary N) is 1. The molecule has 0 bridgehead atoms. The van der Waals surface area contributed by atoms with Gasteiger partial charge in [-0.25, -0.2) is 13.1 Å². The monoisotopic (exact) mass is 320 g/mol. The van der Waals surface area contributed by atoms with E-state index in [-0.39, 0.29) is 23.1 Å². The second-order valence-electron chi connectivity index (χ2n) is 4.70. The molecule has 0 aliphatic rings. The van der Waals surface area contributed by atoms with Crippen LogP contribution in [0.15, 0.2) is 23.1 Å². The molecule has 0 radical (unpaired) electrons. The summed E-state index contributed by atoms with van der Waals surface area (Å²) in [4.78, 5) is 0.0960. The van der Waals surface area contributed by atoms with Gasteiger partial charge in [-0.15, -0.1) is 0 Å². The molecule has 1 aromatic rings. The Balaban J connectivity index is 2.75. The summed E-state index contributed by atoms with van der Waals surface area (Å²) >= 11 is 5.77. The minimum Gasteiger partial charge on any atom is -0.397 e. The SMILES string of the molecule is CCCC(CCO)CNS(=O)(=O)c1ccc(Cl)c(N)c1. The highest BCUT2D eigenvalue weighted by Crippen LogP contribution is 2.22. The van der Waals surface area contributed by atoms with Crippen molar-refractivity contribution in [2.24, 2.45) is 5.92 Å². The normalized spacial score (nSPS) is 13.3. The summed E-state index contributed by atoms with van der Waals surface area (Å²) in [6.07, 6.45) is 2.39. The summed E-state index contributed by atoms with van der Waals surface area (Å²) < 4.78 is 26.8. The molecule has 0 saturated carbocycles. The predicted octanol–water partition coefficient (Wildman–Crippen LogP) is 2.00. The van der Waals surface area contributed by atoms with E-state index in [1.807, 2.05) is 6.92 Å². The van der Waals surface area contributed by atoms with Crippen LogP contribution in [-0.4, -0.2) is 26.7 Å². The smallest absolute Gasteiger partial charge is 0.240 e. The molecule has 114 valence electrons. The number of halogens is 1. The zero-order valence-electron chi connectivity index (χ0n) is 11.5. The fourth-order valence-electron chi connectivity index (χ4n) is 1.94. The number of anilines is 1. The van der Waals surface area contributed by atoms with E-state index in [1.165, 1.54) is 18.2 Å². The molecule has 4 N–H and O–H groups in total. The van der Waals surface area contributed by atoms with E-state index >= 15 is 0 Å². The number of nitrogens with two attached hydrogens (primary N) is 1. The fraction of sp³-hybridized carbons (Fsp3) is 0.538. The van der Waals surface area contributed by atoms with Crippen LogP contribution in [0.1, 0.15) is 26.2 Å². The van der Waals surface area contributed by atoms with E-state index in [2.05, 4.69) is 4.72 Å². The van der Waals surface area contributed by atoms with E-state index in [0.717, 1.165) is 12.8 Å². The van der Waals surface area contributed by atoms with Crippen LogP contribution in [0.3, 0.4) is 0 Å². The third kappa shape index (κ3) is 4.94. The van der Waals surface area contributed by atoms with Gasteiger partial charge in [0.2, 0.25) is 10.0 Å². The van der Waals surface area contributed by atoms with Gasteiger partial charge in [-0.3, -0.25) is 0 Å². The summed E-state index contributed by atoms with van der Waals surface area (Å²) in [6.45, 7) is 2.39. The third-order valence-corrected chi connectivity index (χ3v) is 4.84. The van der Waals surface area contributed by atoms with Gasteiger partial charge in [-0.2, -0.15) is 0 Å². The standard InChI is InChI=1S/C13H21ClN2O3S/c1-2-3-10(6-7-17)9-16-20(18,19)11-4-5-12(14)13(15)8-11/h4-5,8,10,16-17H,2-3,6-7,9,15H2,1H3. The molecule has 1 atom stereocenters. The molecule has 1 aromatic carbocycles. The van der Waals surface area contributed by atoms with Gasteiger partial charge >= 0.3 is 0 Å². The molecule has 0 spiro atoms. The molecule has 5 nitrogen and oxygen atoms in total. The van der Waals surface area contributed by atoms with Crippen molar-refractivity contribution in [1.82, 2.24) is 4.72 Å². The van der Waals surface area contributed by atoms with Crippen molar-refractivity contribution in [2.75, 3.05) is 18.9 Å². The van der Waals surface area contributed by atoms with Gasteiger partial charge < -0.3 is 10.8 Å². The molecule has 0 heterocycles. The average molecular weight is 321 g/mol. The number of sulfonamides is 1. The van der Waals surface area contributed by atoms with E-state index in [0.29, 0.717) is 18.0 Å². The maximum atomic E-state index is 12.1. The van der Waals surface area contributed by atoms with Crippen LogP contribution in [-0.2, 0) is 10.0 Å². The van der Waals surface area contributed by atoms with E-state index in [4.69, 9.17) is 22.4 Å². The summed E-state index contributed by atoms with van der Waals surface area (Å²) in [5.74, 6) is 0.129. The first-order valence-electron chi connectivity index (χ1n) is 6.56. The molecule has 1 rings (SSSR count). The minimum atomic E-state index is -3.60. The Hall–Kier alpha value is -0.820. The number of aliphatic hydroxyl groups is 1. The molecule has 7 heteroatoms. The minimum absolute atomic E-state index is 0.0558. The lowest BCUT2D eigenvalue weighted by molar-refractivity contribution is 0.251. The first kappa shape index (κ1) is 17.2. The zero-order chi connectivity index (χ0) is 15.2. The maximum Gasteiger partial charge on any atom is 0.240 e. The number of rotatable bonds is 8. The van der Waals surface area contributed by atoms with Gasteiger partial charge in [-0.05, 0) is 37.0 Å². The predicted molar refractivity (Wildman–Crippen MR) is 81.2 cm³/mol. The molecular weight excluding hydrogens is 300 g/mol. The number of hydrogen-bond donors (Lipinski definition) is 3. The van der Waals surface area contributed by atoms with Crippen molar-refractivity contribution in [2.45, 2.75) is 31.1 Å². The summed E-state index contributed by atoms with van der Waals surface area (Å²) in [6, 6.07) is 4.22. The van der Waals surface area contributed by atoms with E-state index in [1.54, 1.807) is 0 Å². The van der Waals surface area contributed by atoms with Gasteiger partial charge in [-0.1, -0.05) is 24.9 Å². The molecular formula is C13H21ClN2O3S. The van der Waals surface area contributed by atoms with Gasteiger partial charge in [0.05, 0.1) is 15.6 Å². The number of nitrogen functional groups attached to an aromatic ring is 1. The third-order valence-electron chi connectivity index (χ3n) is 3.07. The van der Waals surface area contributed by atoms with Crippen molar-refractivity contribution in [3.63, 3.8) is 0 Å². The van der Waals surface area contributed by atoms with Crippen LogP contribution >= 0.6 is 11.6 Å². The number of hydrogen-bond acceptors (Lipinski definition) is 4. The Morgan fingerprint density at radius 1 is 1.40 bits per heavy atom. The van der Waals surface area contributed by atoms with Crippen LogP contribution in [0.5, 0.6) is 0 Å². The molecule has 0 amide bonds. The fourth-order valence-corrected chi connectivity index (χ4v) is 3.21. The van der Waals surface area contributed by atoms with Gasteiger partial charge in [0.1, 0.15) is 0 Å². The quantitative estimate of drug-likeness (QED) is 0.639. The summed E-state index contributed by atoms with van der Waals surface area (Å²) in [7, 11) is -3.60. The first-order valence-corrected chi connectivity index (χ1v) is 8.42. The van der Waals surface area contributed by atoms with Crippen molar-refractivity contribution >= 4 is 27.3 Å². The molecule has 0 aliphatic heterocycles. The molecule has 0 saturated heterocycles. The van der Waals surface area contributed by atoms with Crippen LogP contribution in [0.2, 0.25) is 5.02 Å². The van der Waals surface area contributed by atoms with E-state index < -0.39 is 10.0 Å². The first-order chi connectivity index (χ1) is 9.40. The van der Waals surface area contributed by atoms with Crippen LogP contribution in [0.4, 0.5) is 5.69 Å². The highest BCUT2D eigenvalue weighted by molar-refractivity contribution is 7.89. The Morgan fingerprint density at radius 2 is 2.10 bits per heavy atom. The lowest BCUT2D eigenvalue weighted by Crippen LogP contribution is -2.30. The molecule has 20 heavy (non-hydrogen) atoms. The van der Waals surface area contributed by atoms with Gasteiger partial charge in [0, 0.05) is 13.2 Å². The lowest BCUT2D eigenvalue weighted by Gasteiger charge is -2.16. The average Bonchev–Trinajstić information content (AvgIpc) is 2.39. The van der Waals surface area contributed by atoms with Crippen LogP contribution in [0.25, 0.3) is 0 Å². The number of aliphatic hydroxyl groups excluding tert-OH is 1. The lowest BCUT2D eigenvalue weighted by atomic mass is 10.0. The topological polar surface area (TPSA) is 92.4 Å². The van der Waals surface area contributed by atoms with Gasteiger partial charge in [0.15, 0.2) is 0 Å². The van der Waals surface area contributed by atoms with Crippen molar-refractivity contribution in [1.29, 1.82) is 0 Å². The van der Waals surface area contributed by atoms with Crippen molar-refractivity contribution in [3.05, 3.63) is 23.2 Å². The Bertz CT molecular complexity index is 528. The summed E-state index contributed by atoms with van der Waals surface area (Å²) in [5.41, 5.74) is 5.84. The molecule has 0 aliphatic carbocycles. The molecule has 0 aromatic heterocycles. The Morgan fingerprint density at radius 3 is 2.65 bits per heavy atom. The zero-order valence-corrected chi connectivity index (χ0v) is 13.0. The maximum absolute atomic E-state index is 12.1. The van der Waals surface area contributed by atoms with Crippen LogP contribution in [0, 0.1) is 5.92 Å². The number of benzene rings is 1.